The number of hydrogen-bond acceptors (Lipinski definition) is 0. The predicted molar refractivity (Wildman–Crippen MR) is 23.4 cm³/mol. The van der Waals surface area contributed by atoms with Crippen molar-refractivity contribution in [3.05, 3.63) is 0 Å². The van der Waals surface area contributed by atoms with Gasteiger partial charge >= 0.3 is 68.4 Å². The van der Waals surface area contributed by atoms with Gasteiger partial charge in [-0.15, -0.1) is 0 Å². The third-order valence-corrected chi connectivity index (χ3v) is 0. The van der Waals surface area contributed by atoms with Crippen LogP contribution in [0.25, 0.3) is 0 Å². The molecule has 0 saturated carbocycles. The molecule has 0 spiro atoms. The number of halogens is 5. The zero-order valence-corrected chi connectivity index (χ0v) is 8.73. The molecule has 40 valence electrons. The summed E-state index contributed by atoms with van der Waals surface area (Å²) in [5, 5.41) is 0. The van der Waals surface area contributed by atoms with Crippen LogP contribution in [0.2, 0.25) is 0 Å². The fourth-order valence-electron chi connectivity index (χ4n) is 0. The molecule has 0 rings (SSSR count). The minimum absolute atomic E-state index is 0. The minimum atomic E-state index is -3.11. The van der Waals surface area contributed by atoms with E-state index in [1.807, 2.05) is 0 Å². The SMILES string of the molecule is [Cl-].[Cl][Ti]([Cl])([Cl])[Cl].[Li+]. The van der Waals surface area contributed by atoms with Crippen LogP contribution in [0.1, 0.15) is 0 Å². The first-order chi connectivity index (χ1) is 2.00. The maximum Gasteiger partial charge on any atom is 1.00 e. The third-order valence-electron chi connectivity index (χ3n) is 0. The summed E-state index contributed by atoms with van der Waals surface area (Å²) in [4.78, 5) is 0. The van der Waals surface area contributed by atoms with Crippen LogP contribution >= 0.6 is 37.2 Å². The molecule has 7 heavy (non-hydrogen) atoms. The quantitative estimate of drug-likeness (QED) is 0.385. The van der Waals surface area contributed by atoms with Crippen molar-refractivity contribution in [3.63, 3.8) is 0 Å². The van der Waals surface area contributed by atoms with Crippen molar-refractivity contribution in [3.8, 4) is 0 Å². The van der Waals surface area contributed by atoms with Gasteiger partial charge in [0, 0.05) is 0 Å². The Morgan fingerprint density at radius 3 is 0.857 bits per heavy atom. The summed E-state index contributed by atoms with van der Waals surface area (Å²) in [6.07, 6.45) is 0. The predicted octanol–water partition coefficient (Wildman–Crippen LogP) is -3.24. The van der Waals surface area contributed by atoms with Crippen molar-refractivity contribution < 1.29 is 43.6 Å². The molecule has 0 N–H and O–H groups in total. The number of rotatable bonds is 0. The zero-order chi connectivity index (χ0) is 4.50. The second-order valence-electron chi connectivity index (χ2n) is 0.429. The van der Waals surface area contributed by atoms with Crippen molar-refractivity contribution in [2.45, 2.75) is 0 Å². The Labute approximate surface area is 79.7 Å². The Morgan fingerprint density at radius 2 is 0.857 bits per heavy atom. The maximum atomic E-state index is 5.01. The van der Waals surface area contributed by atoms with Gasteiger partial charge in [0.05, 0.1) is 0 Å². The van der Waals surface area contributed by atoms with Gasteiger partial charge in [-0.1, -0.05) is 0 Å². The van der Waals surface area contributed by atoms with E-state index in [-0.39, 0.29) is 31.3 Å². The molecule has 0 aromatic carbocycles. The van der Waals surface area contributed by atoms with E-state index in [4.69, 9.17) is 37.2 Å². The molecule has 0 bridgehead atoms. The van der Waals surface area contributed by atoms with Crippen molar-refractivity contribution in [2.75, 3.05) is 0 Å². The Hall–Kier alpha value is 2.76. The topological polar surface area (TPSA) is 0 Å². The zero-order valence-electron chi connectivity index (χ0n) is 3.39. The molecule has 7 heteroatoms. The average molecular weight is 232 g/mol. The Morgan fingerprint density at radius 1 is 0.857 bits per heavy atom. The number of hydrogen-bond donors (Lipinski definition) is 0. The van der Waals surface area contributed by atoms with Gasteiger partial charge in [-0.05, 0) is 0 Å². The molecular formula is Cl5LiTi. The van der Waals surface area contributed by atoms with Crippen LogP contribution in [0.15, 0.2) is 0 Å². The fraction of sp³-hybridized carbons (Fsp3) is 0. The summed E-state index contributed by atoms with van der Waals surface area (Å²) < 4.78 is 0. The molecule has 0 aromatic rings. The molecule has 0 heterocycles. The summed E-state index contributed by atoms with van der Waals surface area (Å²) in [5.41, 5.74) is 0. The van der Waals surface area contributed by atoms with E-state index in [9.17, 15) is 0 Å². The van der Waals surface area contributed by atoms with Crippen LogP contribution in [0, 0.1) is 0 Å². The van der Waals surface area contributed by atoms with E-state index in [0.29, 0.717) is 0 Å². The minimum Gasteiger partial charge on any atom is 1.00 e. The Bertz CT molecular complexity index is 23.6. The smallest absolute Gasteiger partial charge is 1.00 e. The second kappa shape index (κ2) is 6.88. The molecule has 0 aliphatic heterocycles. The third kappa shape index (κ3) is 52.5. The molecule has 0 radical (unpaired) electrons. The molecule has 0 aromatic heterocycles. The van der Waals surface area contributed by atoms with Crippen molar-refractivity contribution in [2.24, 2.45) is 0 Å². The monoisotopic (exact) mass is 230 g/mol. The van der Waals surface area contributed by atoms with Crippen LogP contribution in [-0.4, -0.2) is 0 Å². The van der Waals surface area contributed by atoms with Crippen LogP contribution in [0.4, 0.5) is 0 Å². The van der Waals surface area contributed by atoms with Crippen LogP contribution in [0.5, 0.6) is 0 Å². The van der Waals surface area contributed by atoms with E-state index in [0.717, 1.165) is 0 Å². The van der Waals surface area contributed by atoms with Gasteiger partial charge in [0.2, 0.25) is 0 Å². The summed E-state index contributed by atoms with van der Waals surface area (Å²) in [7, 11) is 20.1. The van der Waals surface area contributed by atoms with E-state index in [1.165, 1.54) is 0 Å². The molecule has 0 aliphatic carbocycles. The van der Waals surface area contributed by atoms with Gasteiger partial charge in [-0.25, -0.2) is 0 Å². The average Bonchev–Trinajstić information content (AvgIpc) is 0.722. The van der Waals surface area contributed by atoms with E-state index >= 15 is 0 Å². The van der Waals surface area contributed by atoms with Crippen molar-refractivity contribution in [1.29, 1.82) is 0 Å². The molecular weight excluding hydrogens is 232 g/mol. The summed E-state index contributed by atoms with van der Waals surface area (Å²) in [6.45, 7) is 0. The molecule has 0 fully saturated rings. The standard InChI is InChI=1S/5ClH.Li.Ti/h5*1H;;/q;;;;;+1;+4/p-5. The maximum absolute atomic E-state index is 5.01. The molecule has 0 amide bonds. The summed E-state index contributed by atoms with van der Waals surface area (Å²) in [6, 6.07) is 0. The molecule has 0 atom stereocenters. The van der Waals surface area contributed by atoms with Gasteiger partial charge in [-0.3, -0.25) is 0 Å². The van der Waals surface area contributed by atoms with Crippen LogP contribution in [-0.2, 0) is 12.3 Å². The van der Waals surface area contributed by atoms with Crippen molar-refractivity contribution in [1.82, 2.24) is 0 Å². The molecule has 0 saturated heterocycles. The molecule has 0 unspecified atom stereocenters. The normalized spacial score (nSPS) is 8.57. The van der Waals surface area contributed by atoms with E-state index < -0.39 is 12.3 Å². The first kappa shape index (κ1) is 16.4. The molecule has 0 aliphatic rings. The summed E-state index contributed by atoms with van der Waals surface area (Å²) >= 11 is -3.11. The first-order valence-electron chi connectivity index (χ1n) is 0.756. The second-order valence-corrected chi connectivity index (χ2v) is 15.9. The van der Waals surface area contributed by atoms with Crippen LogP contribution in [0.3, 0.4) is 0 Å². The largest absolute Gasteiger partial charge is 1.00 e. The van der Waals surface area contributed by atoms with Crippen molar-refractivity contribution >= 4 is 37.2 Å². The fourth-order valence-corrected chi connectivity index (χ4v) is 0. The first-order valence-corrected chi connectivity index (χ1v) is 9.35. The van der Waals surface area contributed by atoms with E-state index in [2.05, 4.69) is 0 Å². The van der Waals surface area contributed by atoms with Gasteiger partial charge in [0.1, 0.15) is 0 Å². The molecule has 0 nitrogen and oxygen atoms in total. The Kier molecular flexibility index (Phi) is 16.1. The van der Waals surface area contributed by atoms with E-state index in [1.54, 1.807) is 0 Å². The van der Waals surface area contributed by atoms with Gasteiger partial charge in [0.25, 0.3) is 0 Å². The van der Waals surface area contributed by atoms with Gasteiger partial charge in [-0.2, -0.15) is 0 Å². The van der Waals surface area contributed by atoms with Gasteiger partial charge < -0.3 is 12.4 Å². The Balaban J connectivity index is -0.0000000800. The summed E-state index contributed by atoms with van der Waals surface area (Å²) in [5.74, 6) is 0. The van der Waals surface area contributed by atoms with Crippen LogP contribution < -0.4 is 31.3 Å². The van der Waals surface area contributed by atoms with Gasteiger partial charge in [0.15, 0.2) is 0 Å².